The lowest BCUT2D eigenvalue weighted by molar-refractivity contribution is -0.137. The summed E-state index contributed by atoms with van der Waals surface area (Å²) in [5.74, 6) is -0.557. The predicted octanol–water partition coefficient (Wildman–Crippen LogP) is 3.78. The molecule has 2 atom stereocenters. The van der Waals surface area contributed by atoms with Crippen LogP contribution in [0.5, 0.6) is 0 Å². The summed E-state index contributed by atoms with van der Waals surface area (Å²) in [5, 5.41) is 2.43. The van der Waals surface area contributed by atoms with E-state index in [2.05, 4.69) is 21.2 Å². The highest BCUT2D eigenvalue weighted by atomic mass is 79.9. The molecule has 1 rings (SSSR count). The Morgan fingerprint density at radius 2 is 2.05 bits per heavy atom. The van der Waals surface area contributed by atoms with Crippen molar-refractivity contribution in [3.63, 3.8) is 0 Å². The van der Waals surface area contributed by atoms with Crippen LogP contribution in [0.2, 0.25) is 0 Å². The Labute approximate surface area is 123 Å². The van der Waals surface area contributed by atoms with E-state index in [1.165, 1.54) is 6.07 Å². The van der Waals surface area contributed by atoms with Crippen LogP contribution in [-0.2, 0) is 11.0 Å². The van der Waals surface area contributed by atoms with Crippen LogP contribution in [0.15, 0.2) is 22.7 Å². The largest absolute Gasteiger partial charge is 0.416 e. The van der Waals surface area contributed by atoms with Crippen LogP contribution in [0.1, 0.15) is 25.8 Å². The monoisotopic (exact) mass is 352 g/mol. The molecule has 0 bridgehead atoms. The standard InChI is InChI=1S/C13H16BrF3N2O/c1-3-7(2)11(18)12(20)19-10-6-8(13(15,16)17)4-5-9(10)14/h4-7,11H,3,18H2,1-2H3,(H,19,20). The maximum atomic E-state index is 12.6. The molecule has 0 saturated carbocycles. The summed E-state index contributed by atoms with van der Waals surface area (Å²) < 4.78 is 38.2. The van der Waals surface area contributed by atoms with Crippen molar-refractivity contribution in [3.8, 4) is 0 Å². The van der Waals surface area contributed by atoms with Crippen LogP contribution < -0.4 is 11.1 Å². The van der Waals surface area contributed by atoms with Gasteiger partial charge in [-0.15, -0.1) is 0 Å². The number of nitrogens with two attached hydrogens (primary N) is 1. The maximum absolute atomic E-state index is 12.6. The molecule has 0 fully saturated rings. The highest BCUT2D eigenvalue weighted by Gasteiger charge is 2.31. The molecule has 1 amide bonds. The molecule has 0 saturated heterocycles. The third-order valence-electron chi connectivity index (χ3n) is 3.11. The van der Waals surface area contributed by atoms with Gasteiger partial charge in [-0.2, -0.15) is 13.2 Å². The summed E-state index contributed by atoms with van der Waals surface area (Å²) >= 11 is 3.11. The first-order valence-electron chi connectivity index (χ1n) is 6.10. The van der Waals surface area contributed by atoms with Gasteiger partial charge in [0, 0.05) is 4.47 Å². The van der Waals surface area contributed by atoms with E-state index in [4.69, 9.17) is 5.73 Å². The fraction of sp³-hybridized carbons (Fsp3) is 0.462. The number of hydrogen-bond donors (Lipinski definition) is 2. The number of halogens is 4. The van der Waals surface area contributed by atoms with Crippen LogP contribution in [-0.4, -0.2) is 11.9 Å². The number of carbonyl (C=O) groups is 1. The zero-order valence-corrected chi connectivity index (χ0v) is 12.7. The Balaban J connectivity index is 2.95. The van der Waals surface area contributed by atoms with Crippen molar-refractivity contribution in [3.05, 3.63) is 28.2 Å². The first-order chi connectivity index (χ1) is 9.16. The molecule has 0 aliphatic rings. The van der Waals surface area contributed by atoms with Crippen LogP contribution >= 0.6 is 15.9 Å². The molecule has 1 aromatic carbocycles. The predicted molar refractivity (Wildman–Crippen MR) is 75.2 cm³/mol. The lowest BCUT2D eigenvalue weighted by Crippen LogP contribution is -2.40. The first kappa shape index (κ1) is 17.0. The highest BCUT2D eigenvalue weighted by Crippen LogP contribution is 2.34. The second-order valence-electron chi connectivity index (χ2n) is 4.59. The molecule has 0 aliphatic heterocycles. The van der Waals surface area contributed by atoms with Crippen molar-refractivity contribution in [2.45, 2.75) is 32.5 Å². The summed E-state index contributed by atoms with van der Waals surface area (Å²) in [7, 11) is 0. The molecule has 0 heterocycles. The summed E-state index contributed by atoms with van der Waals surface area (Å²) in [4.78, 5) is 11.9. The van der Waals surface area contributed by atoms with Gasteiger partial charge < -0.3 is 11.1 Å². The Hall–Kier alpha value is -1.08. The third-order valence-corrected chi connectivity index (χ3v) is 3.80. The quantitative estimate of drug-likeness (QED) is 0.866. The maximum Gasteiger partial charge on any atom is 0.416 e. The Kier molecular flexibility index (Phi) is 5.59. The topological polar surface area (TPSA) is 55.1 Å². The van der Waals surface area contributed by atoms with Gasteiger partial charge in [-0.1, -0.05) is 20.3 Å². The van der Waals surface area contributed by atoms with Crippen LogP contribution in [0.3, 0.4) is 0 Å². The minimum Gasteiger partial charge on any atom is -0.324 e. The smallest absolute Gasteiger partial charge is 0.324 e. The summed E-state index contributed by atoms with van der Waals surface area (Å²) in [6.07, 6.45) is -3.75. The van der Waals surface area contributed by atoms with Crippen LogP contribution in [0.25, 0.3) is 0 Å². The van der Waals surface area contributed by atoms with Gasteiger partial charge in [0.1, 0.15) is 0 Å². The number of rotatable bonds is 4. The van der Waals surface area contributed by atoms with Gasteiger partial charge in [0.15, 0.2) is 0 Å². The van der Waals surface area contributed by atoms with E-state index < -0.39 is 23.7 Å². The molecule has 3 N–H and O–H groups in total. The van der Waals surface area contributed by atoms with Crippen molar-refractivity contribution in [1.29, 1.82) is 0 Å². The van der Waals surface area contributed by atoms with Crippen molar-refractivity contribution < 1.29 is 18.0 Å². The van der Waals surface area contributed by atoms with E-state index in [0.717, 1.165) is 12.1 Å². The summed E-state index contributed by atoms with van der Waals surface area (Å²) in [6.45, 7) is 3.70. The molecule has 7 heteroatoms. The SMILES string of the molecule is CCC(C)C(N)C(=O)Nc1cc(C(F)(F)F)ccc1Br. The number of carbonyl (C=O) groups excluding carboxylic acids is 1. The molecule has 0 radical (unpaired) electrons. The normalized spacial score (nSPS) is 14.8. The number of anilines is 1. The van der Waals surface area contributed by atoms with Crippen molar-refractivity contribution in [2.75, 3.05) is 5.32 Å². The Morgan fingerprint density at radius 3 is 2.55 bits per heavy atom. The highest BCUT2D eigenvalue weighted by molar-refractivity contribution is 9.10. The van der Waals surface area contributed by atoms with Gasteiger partial charge >= 0.3 is 6.18 Å². The zero-order valence-electron chi connectivity index (χ0n) is 11.1. The van der Waals surface area contributed by atoms with Crippen molar-refractivity contribution >= 4 is 27.5 Å². The summed E-state index contributed by atoms with van der Waals surface area (Å²) in [5.41, 5.74) is 4.98. The lowest BCUT2D eigenvalue weighted by Gasteiger charge is -2.19. The minimum absolute atomic E-state index is 0.0559. The molecule has 0 aliphatic carbocycles. The average molecular weight is 353 g/mol. The first-order valence-corrected chi connectivity index (χ1v) is 6.89. The van der Waals surface area contributed by atoms with Gasteiger partial charge in [0.25, 0.3) is 0 Å². The number of nitrogens with one attached hydrogen (secondary N) is 1. The van der Waals surface area contributed by atoms with Crippen LogP contribution in [0, 0.1) is 5.92 Å². The summed E-state index contributed by atoms with van der Waals surface area (Å²) in [6, 6.07) is 2.30. The van der Waals surface area contributed by atoms with E-state index in [0.29, 0.717) is 10.9 Å². The second-order valence-corrected chi connectivity index (χ2v) is 5.45. The molecule has 0 aromatic heterocycles. The van der Waals surface area contributed by atoms with E-state index in [1.807, 2.05) is 13.8 Å². The number of alkyl halides is 3. The fourth-order valence-electron chi connectivity index (χ4n) is 1.53. The molecule has 2 unspecified atom stereocenters. The Morgan fingerprint density at radius 1 is 1.45 bits per heavy atom. The Bertz CT molecular complexity index is 491. The molecule has 112 valence electrons. The van der Waals surface area contributed by atoms with E-state index in [9.17, 15) is 18.0 Å². The van der Waals surface area contributed by atoms with Gasteiger partial charge in [-0.05, 0) is 40.0 Å². The molecule has 20 heavy (non-hydrogen) atoms. The number of amides is 1. The van der Waals surface area contributed by atoms with Crippen LogP contribution in [0.4, 0.5) is 18.9 Å². The molecule has 3 nitrogen and oxygen atoms in total. The van der Waals surface area contributed by atoms with E-state index in [1.54, 1.807) is 0 Å². The average Bonchev–Trinajstić information content (AvgIpc) is 2.38. The third kappa shape index (κ3) is 4.21. The van der Waals surface area contributed by atoms with Gasteiger partial charge in [-0.25, -0.2) is 0 Å². The van der Waals surface area contributed by atoms with E-state index >= 15 is 0 Å². The lowest BCUT2D eigenvalue weighted by atomic mass is 9.99. The van der Waals surface area contributed by atoms with Crippen molar-refractivity contribution in [2.24, 2.45) is 11.7 Å². The second kappa shape index (κ2) is 6.58. The fourth-order valence-corrected chi connectivity index (χ4v) is 1.87. The minimum atomic E-state index is -4.46. The molecule has 0 spiro atoms. The molecular formula is C13H16BrF3N2O. The van der Waals surface area contributed by atoms with Gasteiger partial charge in [-0.3, -0.25) is 4.79 Å². The van der Waals surface area contributed by atoms with Gasteiger partial charge in [0.05, 0.1) is 17.3 Å². The van der Waals surface area contributed by atoms with Gasteiger partial charge in [0.2, 0.25) is 5.91 Å². The molecular weight excluding hydrogens is 337 g/mol. The van der Waals surface area contributed by atoms with Crippen molar-refractivity contribution in [1.82, 2.24) is 0 Å². The number of hydrogen-bond acceptors (Lipinski definition) is 2. The zero-order chi connectivity index (χ0) is 15.5. The molecule has 1 aromatic rings. The number of benzene rings is 1. The van der Waals surface area contributed by atoms with E-state index in [-0.39, 0.29) is 11.6 Å².